The molecule has 0 saturated carbocycles. The van der Waals surface area contributed by atoms with Crippen molar-refractivity contribution >= 4 is 55.1 Å². The fourth-order valence-electron chi connectivity index (χ4n) is 2.42. The number of nitro groups is 1. The molecule has 0 radical (unpaired) electrons. The Kier molecular flexibility index (Phi) is 4.19. The van der Waals surface area contributed by atoms with Crippen LogP contribution in [0.1, 0.15) is 5.82 Å². The third-order valence-corrected chi connectivity index (χ3v) is 4.70. The highest BCUT2D eigenvalue weighted by Crippen LogP contribution is 2.31. The highest BCUT2D eigenvalue weighted by molar-refractivity contribution is 14.1. The van der Waals surface area contributed by atoms with Crippen LogP contribution in [0, 0.1) is 20.6 Å². The van der Waals surface area contributed by atoms with Crippen LogP contribution in [0.2, 0.25) is 0 Å². The van der Waals surface area contributed by atoms with Gasteiger partial charge in [-0.25, -0.2) is 4.98 Å². The number of nitrogens with zero attached hydrogens (tertiary/aromatic N) is 3. The molecule has 116 valence electrons. The van der Waals surface area contributed by atoms with Crippen molar-refractivity contribution in [3.63, 3.8) is 0 Å². The molecule has 0 fully saturated rings. The Hall–Kier alpha value is -1.81. The zero-order valence-electron chi connectivity index (χ0n) is 11.8. The Bertz CT molecular complexity index is 1020. The second kappa shape index (κ2) is 6.00. The lowest BCUT2D eigenvalue weighted by molar-refractivity contribution is -0.385. The summed E-state index contributed by atoms with van der Waals surface area (Å²) in [5.41, 5.74) is 0.277. The Balaban J connectivity index is 2.45. The average molecular weight is 486 g/mol. The smallest absolute Gasteiger partial charge is 0.268 e. The van der Waals surface area contributed by atoms with Crippen LogP contribution in [0.4, 0.5) is 5.69 Å². The molecule has 3 aromatic rings. The van der Waals surface area contributed by atoms with Gasteiger partial charge < -0.3 is 0 Å². The number of para-hydroxylation sites is 1. The average Bonchev–Trinajstić information content (AvgIpc) is 2.48. The number of hydrogen-bond acceptors (Lipinski definition) is 4. The number of hydrogen-bond donors (Lipinski definition) is 0. The van der Waals surface area contributed by atoms with Crippen molar-refractivity contribution in [3.8, 4) is 5.69 Å². The van der Waals surface area contributed by atoms with E-state index in [0.717, 1.165) is 3.57 Å². The van der Waals surface area contributed by atoms with E-state index >= 15 is 0 Å². The van der Waals surface area contributed by atoms with Crippen molar-refractivity contribution in [2.45, 2.75) is 6.92 Å². The van der Waals surface area contributed by atoms with Crippen LogP contribution >= 0.6 is 38.5 Å². The number of nitro benzene ring substituents is 1. The second-order valence-electron chi connectivity index (χ2n) is 4.83. The highest BCUT2D eigenvalue weighted by atomic mass is 127. The van der Waals surface area contributed by atoms with Gasteiger partial charge in [0.15, 0.2) is 0 Å². The molecule has 3 rings (SSSR count). The molecule has 0 spiro atoms. The summed E-state index contributed by atoms with van der Waals surface area (Å²) in [4.78, 5) is 28.2. The minimum atomic E-state index is -0.510. The number of rotatable bonds is 2. The van der Waals surface area contributed by atoms with Crippen LogP contribution in [-0.4, -0.2) is 14.5 Å². The fourth-order valence-corrected chi connectivity index (χ4v) is 3.41. The quantitative estimate of drug-likeness (QED) is 0.312. The first-order valence-electron chi connectivity index (χ1n) is 6.52. The zero-order valence-corrected chi connectivity index (χ0v) is 15.5. The van der Waals surface area contributed by atoms with Gasteiger partial charge in [0, 0.05) is 3.57 Å². The Labute approximate surface area is 152 Å². The lowest BCUT2D eigenvalue weighted by Crippen LogP contribution is -2.23. The van der Waals surface area contributed by atoms with Crippen molar-refractivity contribution in [2.24, 2.45) is 0 Å². The van der Waals surface area contributed by atoms with Gasteiger partial charge in [-0.05, 0) is 75.8 Å². The first kappa shape index (κ1) is 16.1. The van der Waals surface area contributed by atoms with E-state index in [-0.39, 0.29) is 16.9 Å². The number of fused-ring (bicyclic) bond motifs is 1. The maximum atomic E-state index is 12.9. The van der Waals surface area contributed by atoms with Gasteiger partial charge in [-0.2, -0.15) is 0 Å². The van der Waals surface area contributed by atoms with E-state index < -0.39 is 4.92 Å². The zero-order chi connectivity index (χ0) is 16.7. The molecule has 2 aromatic carbocycles. The van der Waals surface area contributed by atoms with Gasteiger partial charge in [-0.1, -0.05) is 6.07 Å². The van der Waals surface area contributed by atoms with Crippen LogP contribution in [0.15, 0.2) is 45.7 Å². The molecule has 0 aliphatic rings. The molecular formula is C15H9BrIN3O3. The lowest BCUT2D eigenvalue weighted by atomic mass is 10.2. The highest BCUT2D eigenvalue weighted by Gasteiger charge is 2.22. The summed E-state index contributed by atoms with van der Waals surface area (Å²) in [7, 11) is 0. The van der Waals surface area contributed by atoms with Gasteiger partial charge in [0.2, 0.25) is 0 Å². The van der Waals surface area contributed by atoms with E-state index in [4.69, 9.17) is 0 Å². The first-order valence-corrected chi connectivity index (χ1v) is 8.39. The topological polar surface area (TPSA) is 78.0 Å². The standard InChI is InChI=1S/C15H9BrIN3O3/c1-8-18-12-6-5-9(17)7-10(12)15(21)19(8)13-4-2-3-11(16)14(13)20(22)23/h2-7H,1H3. The molecule has 6 nitrogen and oxygen atoms in total. The third-order valence-electron chi connectivity index (χ3n) is 3.39. The van der Waals surface area contributed by atoms with Crippen molar-refractivity contribution in [1.29, 1.82) is 0 Å². The van der Waals surface area contributed by atoms with E-state index in [0.29, 0.717) is 21.2 Å². The fraction of sp³-hybridized carbons (Fsp3) is 0.0667. The van der Waals surface area contributed by atoms with Crippen LogP contribution in [0.5, 0.6) is 0 Å². The van der Waals surface area contributed by atoms with Gasteiger partial charge in [0.05, 0.1) is 20.3 Å². The predicted octanol–water partition coefficient (Wildman–Crippen LogP) is 3.97. The SMILES string of the molecule is Cc1nc2ccc(I)cc2c(=O)n1-c1cccc(Br)c1[N+](=O)[O-]. The summed E-state index contributed by atoms with van der Waals surface area (Å²) < 4.78 is 2.49. The molecule has 23 heavy (non-hydrogen) atoms. The number of aryl methyl sites for hydroxylation is 1. The second-order valence-corrected chi connectivity index (χ2v) is 6.93. The predicted molar refractivity (Wildman–Crippen MR) is 99.1 cm³/mol. The molecule has 0 unspecified atom stereocenters. The molecule has 0 bridgehead atoms. The van der Waals surface area contributed by atoms with E-state index in [9.17, 15) is 14.9 Å². The van der Waals surface area contributed by atoms with E-state index in [1.807, 2.05) is 6.07 Å². The van der Waals surface area contributed by atoms with E-state index in [1.165, 1.54) is 4.57 Å². The number of aromatic nitrogens is 2. The minimum absolute atomic E-state index is 0.163. The molecule has 0 aliphatic carbocycles. The van der Waals surface area contributed by atoms with Crippen molar-refractivity contribution in [2.75, 3.05) is 0 Å². The summed E-state index contributed by atoms with van der Waals surface area (Å²) in [6, 6.07) is 10.1. The van der Waals surface area contributed by atoms with Crippen LogP contribution < -0.4 is 5.56 Å². The summed E-state index contributed by atoms with van der Waals surface area (Å²) in [5, 5.41) is 11.8. The van der Waals surface area contributed by atoms with Gasteiger partial charge in [0.1, 0.15) is 11.5 Å². The minimum Gasteiger partial charge on any atom is -0.268 e. The van der Waals surface area contributed by atoms with Crippen molar-refractivity contribution in [3.05, 3.63) is 70.7 Å². The molecule has 1 heterocycles. The van der Waals surface area contributed by atoms with E-state index in [2.05, 4.69) is 43.5 Å². The number of halogens is 2. The van der Waals surface area contributed by atoms with Gasteiger partial charge in [-0.3, -0.25) is 19.5 Å². The lowest BCUT2D eigenvalue weighted by Gasteiger charge is -2.12. The molecular weight excluding hydrogens is 477 g/mol. The largest absolute Gasteiger partial charge is 0.307 e. The van der Waals surface area contributed by atoms with Gasteiger partial charge in [0.25, 0.3) is 5.56 Å². The Morgan fingerprint density at radius 2 is 2.04 bits per heavy atom. The maximum absolute atomic E-state index is 12.9. The summed E-state index contributed by atoms with van der Waals surface area (Å²) in [5.74, 6) is 0.393. The van der Waals surface area contributed by atoms with Gasteiger partial charge in [-0.15, -0.1) is 0 Å². The van der Waals surface area contributed by atoms with Crippen molar-refractivity contribution < 1.29 is 4.92 Å². The Morgan fingerprint density at radius 1 is 1.30 bits per heavy atom. The maximum Gasteiger partial charge on any atom is 0.307 e. The van der Waals surface area contributed by atoms with Crippen LogP contribution in [0.25, 0.3) is 16.6 Å². The van der Waals surface area contributed by atoms with Crippen LogP contribution in [-0.2, 0) is 0 Å². The van der Waals surface area contributed by atoms with Gasteiger partial charge >= 0.3 is 5.69 Å². The summed E-state index contributed by atoms with van der Waals surface area (Å²) in [6.45, 7) is 1.66. The molecule has 1 aromatic heterocycles. The molecule has 0 N–H and O–H groups in total. The normalized spacial score (nSPS) is 10.9. The molecule has 0 saturated heterocycles. The summed E-state index contributed by atoms with van der Waals surface area (Å²) in [6.07, 6.45) is 0. The first-order chi connectivity index (χ1) is 10.9. The van der Waals surface area contributed by atoms with Crippen LogP contribution in [0.3, 0.4) is 0 Å². The molecule has 0 atom stereocenters. The Morgan fingerprint density at radius 3 is 2.74 bits per heavy atom. The molecule has 8 heteroatoms. The molecule has 0 aliphatic heterocycles. The van der Waals surface area contributed by atoms with Crippen molar-refractivity contribution in [1.82, 2.24) is 9.55 Å². The molecule has 0 amide bonds. The monoisotopic (exact) mass is 485 g/mol. The van der Waals surface area contributed by atoms with E-state index in [1.54, 1.807) is 37.3 Å². The third kappa shape index (κ3) is 2.76. The summed E-state index contributed by atoms with van der Waals surface area (Å²) >= 11 is 5.29. The number of benzene rings is 2.